The van der Waals surface area contributed by atoms with E-state index in [1.165, 1.54) is 88.2 Å². The van der Waals surface area contributed by atoms with Gasteiger partial charge in [0.15, 0.2) is 5.82 Å². The predicted octanol–water partition coefficient (Wildman–Crippen LogP) is 9.01. The topological polar surface area (TPSA) is 38.7 Å². The lowest BCUT2D eigenvalue weighted by Gasteiger charge is -2.06. The third kappa shape index (κ3) is 9.00. The number of hydrogen-bond acceptors (Lipinski definition) is 3. The molecule has 0 saturated heterocycles. The lowest BCUT2D eigenvalue weighted by Crippen LogP contribution is -1.94. The third-order valence-electron chi connectivity index (χ3n) is 6.61. The Balaban J connectivity index is 1.46. The minimum Gasteiger partial charge on any atom is -0.256 e. The highest BCUT2D eigenvalue weighted by Crippen LogP contribution is 2.22. The number of rotatable bonds is 16. The zero-order valence-corrected chi connectivity index (χ0v) is 21.4. The van der Waals surface area contributed by atoms with Crippen molar-refractivity contribution in [1.82, 2.24) is 15.0 Å². The summed E-state index contributed by atoms with van der Waals surface area (Å²) >= 11 is 0. The van der Waals surface area contributed by atoms with Crippen molar-refractivity contribution in [2.45, 2.75) is 104 Å². The minimum atomic E-state index is 0.792. The summed E-state index contributed by atoms with van der Waals surface area (Å²) in [6.07, 6.45) is 24.1. The van der Waals surface area contributed by atoms with Gasteiger partial charge in [-0.25, -0.2) is 9.97 Å². The fourth-order valence-electron chi connectivity index (χ4n) is 4.39. The Bertz CT molecular complexity index is 836. The maximum Gasteiger partial charge on any atom is 0.159 e. The lowest BCUT2D eigenvalue weighted by atomic mass is 10.0. The molecule has 0 fully saturated rings. The van der Waals surface area contributed by atoms with Gasteiger partial charge in [-0.05, 0) is 42.9 Å². The molecule has 0 N–H and O–H groups in total. The summed E-state index contributed by atoms with van der Waals surface area (Å²) in [4.78, 5) is 13.9. The molecule has 3 heteroatoms. The van der Waals surface area contributed by atoms with Crippen molar-refractivity contribution >= 4 is 0 Å². The Labute approximate surface area is 207 Å². The summed E-state index contributed by atoms with van der Waals surface area (Å²) < 4.78 is 0. The Morgan fingerprint density at radius 1 is 0.471 bits per heavy atom. The van der Waals surface area contributed by atoms with Gasteiger partial charge >= 0.3 is 0 Å². The maximum absolute atomic E-state index is 4.71. The summed E-state index contributed by atoms with van der Waals surface area (Å²) in [6.45, 7) is 4.53. The van der Waals surface area contributed by atoms with Gasteiger partial charge in [-0.1, -0.05) is 108 Å². The smallest absolute Gasteiger partial charge is 0.159 e. The van der Waals surface area contributed by atoms with Gasteiger partial charge in [0.2, 0.25) is 0 Å². The number of unbranched alkanes of at least 4 members (excludes halogenated alkanes) is 10. The molecule has 0 aliphatic rings. The largest absolute Gasteiger partial charge is 0.256 e. The highest BCUT2D eigenvalue weighted by Gasteiger charge is 2.05. The molecule has 2 aromatic heterocycles. The van der Waals surface area contributed by atoms with Gasteiger partial charge in [-0.15, -0.1) is 0 Å². The van der Waals surface area contributed by atoms with Gasteiger partial charge in [0, 0.05) is 29.7 Å². The molecule has 182 valence electrons. The number of pyridine rings is 1. The van der Waals surface area contributed by atoms with Crippen molar-refractivity contribution in [2.24, 2.45) is 0 Å². The fourth-order valence-corrected chi connectivity index (χ4v) is 4.39. The number of hydrogen-bond donors (Lipinski definition) is 0. The van der Waals surface area contributed by atoms with Crippen molar-refractivity contribution in [2.75, 3.05) is 0 Å². The van der Waals surface area contributed by atoms with Crippen LogP contribution in [0.15, 0.2) is 55.0 Å². The molecule has 2 heterocycles. The van der Waals surface area contributed by atoms with E-state index in [2.05, 4.69) is 60.2 Å². The quantitative estimate of drug-likeness (QED) is 0.201. The lowest BCUT2D eigenvalue weighted by molar-refractivity contribution is 0.607. The van der Waals surface area contributed by atoms with Crippen LogP contribution >= 0.6 is 0 Å². The number of nitrogens with zero attached hydrogens (tertiary/aromatic N) is 3. The first-order chi connectivity index (χ1) is 16.8. The number of aromatic nitrogens is 3. The second-order valence-corrected chi connectivity index (χ2v) is 9.58. The van der Waals surface area contributed by atoms with Crippen LogP contribution in [-0.2, 0) is 12.8 Å². The second-order valence-electron chi connectivity index (χ2n) is 9.58. The SMILES string of the molecule is CCCCCCCCc1ccc(-c2ccc(-c3ncc(CCCCCCCC)cn3)cc2)nc1. The van der Waals surface area contributed by atoms with Crippen LogP contribution in [0.1, 0.15) is 102 Å². The molecular formula is C31H43N3. The van der Waals surface area contributed by atoms with E-state index < -0.39 is 0 Å². The van der Waals surface area contributed by atoms with E-state index in [-0.39, 0.29) is 0 Å². The van der Waals surface area contributed by atoms with Crippen LogP contribution in [0.25, 0.3) is 22.6 Å². The second kappa shape index (κ2) is 15.4. The molecule has 0 aliphatic heterocycles. The molecule has 34 heavy (non-hydrogen) atoms. The van der Waals surface area contributed by atoms with Crippen LogP contribution in [-0.4, -0.2) is 15.0 Å². The maximum atomic E-state index is 4.71. The Hall–Kier alpha value is -2.55. The van der Waals surface area contributed by atoms with Crippen molar-refractivity contribution in [1.29, 1.82) is 0 Å². The summed E-state index contributed by atoms with van der Waals surface area (Å²) in [6, 6.07) is 12.8. The monoisotopic (exact) mass is 457 g/mol. The average Bonchev–Trinajstić information content (AvgIpc) is 2.89. The summed E-state index contributed by atoms with van der Waals surface area (Å²) in [7, 11) is 0. The van der Waals surface area contributed by atoms with E-state index in [0.717, 1.165) is 35.5 Å². The molecular weight excluding hydrogens is 414 g/mol. The van der Waals surface area contributed by atoms with Crippen LogP contribution < -0.4 is 0 Å². The standard InChI is InChI=1S/C31H43N3/c1-3-5-7-9-11-13-15-26-17-22-30(32-23-26)28-18-20-29(21-19-28)31-33-24-27(25-34-31)16-14-12-10-8-6-4-2/h17-25H,3-16H2,1-2H3. The summed E-state index contributed by atoms with van der Waals surface area (Å²) in [5.41, 5.74) is 5.78. The predicted molar refractivity (Wildman–Crippen MR) is 145 cm³/mol. The highest BCUT2D eigenvalue weighted by molar-refractivity contribution is 5.65. The van der Waals surface area contributed by atoms with Gasteiger partial charge < -0.3 is 0 Å². The molecule has 0 radical (unpaired) electrons. The van der Waals surface area contributed by atoms with E-state index in [9.17, 15) is 0 Å². The van der Waals surface area contributed by atoms with Gasteiger partial charge in [0.25, 0.3) is 0 Å². The first-order valence-corrected chi connectivity index (χ1v) is 13.7. The summed E-state index contributed by atoms with van der Waals surface area (Å²) in [5.74, 6) is 0.792. The minimum absolute atomic E-state index is 0.792. The normalized spacial score (nSPS) is 11.1. The first kappa shape index (κ1) is 26.1. The molecule has 1 aromatic carbocycles. The molecule has 3 rings (SSSR count). The van der Waals surface area contributed by atoms with E-state index >= 15 is 0 Å². The van der Waals surface area contributed by atoms with Gasteiger partial charge in [0.1, 0.15) is 0 Å². The zero-order valence-electron chi connectivity index (χ0n) is 21.4. The van der Waals surface area contributed by atoms with Crippen molar-refractivity contribution < 1.29 is 0 Å². The Kier molecular flexibility index (Phi) is 11.8. The number of benzene rings is 1. The number of aryl methyl sites for hydroxylation is 2. The van der Waals surface area contributed by atoms with Crippen LogP contribution in [0, 0.1) is 0 Å². The van der Waals surface area contributed by atoms with E-state index in [1.54, 1.807) is 0 Å². The molecule has 0 bridgehead atoms. The van der Waals surface area contributed by atoms with Crippen LogP contribution in [0.4, 0.5) is 0 Å². The Morgan fingerprint density at radius 3 is 1.53 bits per heavy atom. The first-order valence-electron chi connectivity index (χ1n) is 13.7. The van der Waals surface area contributed by atoms with Gasteiger partial charge in [0.05, 0.1) is 5.69 Å². The van der Waals surface area contributed by atoms with Crippen molar-refractivity contribution in [3.63, 3.8) is 0 Å². The highest BCUT2D eigenvalue weighted by atomic mass is 14.9. The molecule has 0 unspecified atom stereocenters. The van der Waals surface area contributed by atoms with Crippen molar-refractivity contribution in [3.05, 3.63) is 66.1 Å². The van der Waals surface area contributed by atoms with E-state index in [0.29, 0.717) is 0 Å². The molecule has 0 aliphatic carbocycles. The third-order valence-corrected chi connectivity index (χ3v) is 6.61. The molecule has 0 spiro atoms. The van der Waals surface area contributed by atoms with Crippen molar-refractivity contribution in [3.8, 4) is 22.6 Å². The van der Waals surface area contributed by atoms with Gasteiger partial charge in [-0.3, -0.25) is 4.98 Å². The molecule has 0 atom stereocenters. The zero-order chi connectivity index (χ0) is 23.8. The fraction of sp³-hybridized carbons (Fsp3) is 0.516. The average molecular weight is 458 g/mol. The van der Waals surface area contributed by atoms with Crippen LogP contribution in [0.2, 0.25) is 0 Å². The molecule has 3 aromatic rings. The van der Waals surface area contributed by atoms with Crippen LogP contribution in [0.3, 0.4) is 0 Å². The van der Waals surface area contributed by atoms with E-state index in [4.69, 9.17) is 4.98 Å². The summed E-state index contributed by atoms with van der Waals surface area (Å²) in [5, 5.41) is 0. The molecule has 0 amide bonds. The molecule has 0 saturated carbocycles. The van der Waals surface area contributed by atoms with E-state index in [1.807, 2.05) is 18.6 Å². The van der Waals surface area contributed by atoms with Crippen LogP contribution in [0.5, 0.6) is 0 Å². The Morgan fingerprint density at radius 2 is 0.971 bits per heavy atom. The van der Waals surface area contributed by atoms with Gasteiger partial charge in [-0.2, -0.15) is 0 Å². The molecule has 3 nitrogen and oxygen atoms in total.